The first-order chi connectivity index (χ1) is 10.1. The molecule has 0 spiro atoms. The van der Waals surface area contributed by atoms with E-state index in [4.69, 9.17) is 5.11 Å². The van der Waals surface area contributed by atoms with E-state index in [9.17, 15) is 9.59 Å². The third-order valence-corrected chi connectivity index (χ3v) is 3.95. The second kappa shape index (κ2) is 7.16. The Labute approximate surface area is 127 Å². The fraction of sp³-hybridized carbons (Fsp3) is 0.333. The molecule has 1 aliphatic heterocycles. The number of rotatable bonds is 3. The zero-order valence-electron chi connectivity index (χ0n) is 11.6. The van der Waals surface area contributed by atoms with E-state index in [0.717, 1.165) is 22.9 Å². The first kappa shape index (κ1) is 15.4. The third kappa shape index (κ3) is 4.00. The molecule has 1 aliphatic rings. The number of carbonyl (C=O) groups excluding carboxylic acids is 2. The summed E-state index contributed by atoms with van der Waals surface area (Å²) >= 11 is 1.12. The highest BCUT2D eigenvalue weighted by atomic mass is 32.2. The van der Waals surface area contributed by atoms with Gasteiger partial charge >= 0.3 is 0 Å². The number of carbonyl (C=O) groups is 2. The molecular weight excluding hydrogens is 288 g/mol. The Morgan fingerprint density at radius 3 is 2.95 bits per heavy atom. The van der Waals surface area contributed by atoms with Crippen LogP contribution in [-0.4, -0.2) is 46.6 Å². The summed E-state index contributed by atoms with van der Waals surface area (Å²) in [5, 5.41) is 11.3. The van der Waals surface area contributed by atoms with Gasteiger partial charge in [-0.05, 0) is 11.6 Å². The van der Waals surface area contributed by atoms with Gasteiger partial charge in [0.05, 0.1) is 0 Å². The van der Waals surface area contributed by atoms with E-state index in [2.05, 4.69) is 17.2 Å². The molecule has 1 heterocycles. The molecule has 110 valence electrons. The molecule has 1 atom stereocenters. The van der Waals surface area contributed by atoms with Crippen LogP contribution in [0.2, 0.25) is 0 Å². The maximum Gasteiger partial charge on any atom is 0.279 e. The predicted molar refractivity (Wildman–Crippen MR) is 81.7 cm³/mol. The highest BCUT2D eigenvalue weighted by Crippen LogP contribution is 2.16. The first-order valence-electron chi connectivity index (χ1n) is 6.47. The molecule has 1 saturated heterocycles. The average Bonchev–Trinajstić information content (AvgIpc) is 2.92. The number of hydrogen-bond acceptors (Lipinski definition) is 4. The van der Waals surface area contributed by atoms with Crippen molar-refractivity contribution in [3.8, 4) is 11.8 Å². The molecule has 6 heteroatoms. The minimum Gasteiger partial charge on any atom is -0.384 e. The van der Waals surface area contributed by atoms with E-state index in [1.54, 1.807) is 11.9 Å². The molecule has 1 aromatic carbocycles. The second-order valence-corrected chi connectivity index (χ2v) is 5.60. The van der Waals surface area contributed by atoms with Gasteiger partial charge in [0.1, 0.15) is 12.6 Å². The molecule has 2 N–H and O–H groups in total. The minimum atomic E-state index is -0.455. The molecule has 1 aromatic rings. The van der Waals surface area contributed by atoms with Crippen molar-refractivity contribution in [2.75, 3.05) is 19.4 Å². The highest BCUT2D eigenvalue weighted by Gasteiger charge is 2.30. The molecule has 0 bridgehead atoms. The van der Waals surface area contributed by atoms with Gasteiger partial charge in [-0.15, -0.1) is 0 Å². The van der Waals surface area contributed by atoms with Crippen LogP contribution in [-0.2, 0) is 11.3 Å². The third-order valence-electron chi connectivity index (χ3n) is 3.07. The summed E-state index contributed by atoms with van der Waals surface area (Å²) in [7, 11) is 1.70. The number of benzene rings is 1. The van der Waals surface area contributed by atoms with Crippen LogP contribution in [0.15, 0.2) is 24.3 Å². The van der Waals surface area contributed by atoms with Crippen LogP contribution in [0.4, 0.5) is 4.79 Å². The summed E-state index contributed by atoms with van der Waals surface area (Å²) in [4.78, 5) is 25.0. The lowest BCUT2D eigenvalue weighted by molar-refractivity contribution is -0.131. The Bertz CT molecular complexity index is 606. The summed E-state index contributed by atoms with van der Waals surface area (Å²) in [6.07, 6.45) is 0. The van der Waals surface area contributed by atoms with Crippen molar-refractivity contribution in [3.63, 3.8) is 0 Å². The van der Waals surface area contributed by atoms with E-state index in [-0.39, 0.29) is 17.8 Å². The van der Waals surface area contributed by atoms with E-state index in [1.165, 1.54) is 0 Å². The van der Waals surface area contributed by atoms with Crippen molar-refractivity contribution in [3.05, 3.63) is 35.4 Å². The van der Waals surface area contributed by atoms with Crippen molar-refractivity contribution >= 4 is 22.9 Å². The van der Waals surface area contributed by atoms with Gasteiger partial charge in [-0.25, -0.2) is 0 Å². The van der Waals surface area contributed by atoms with Crippen LogP contribution < -0.4 is 5.32 Å². The summed E-state index contributed by atoms with van der Waals surface area (Å²) < 4.78 is 0. The number of likely N-dealkylation sites (N-methyl/N-ethyl adjacent to an activating group) is 1. The Morgan fingerprint density at radius 2 is 2.29 bits per heavy atom. The molecule has 0 aliphatic carbocycles. The quantitative estimate of drug-likeness (QED) is 0.811. The monoisotopic (exact) mass is 304 g/mol. The van der Waals surface area contributed by atoms with Crippen LogP contribution in [0, 0.1) is 11.8 Å². The lowest BCUT2D eigenvalue weighted by atomic mass is 10.1. The molecule has 2 amide bonds. The molecule has 0 saturated carbocycles. The number of aliphatic hydroxyl groups excluding tert-OH is 1. The fourth-order valence-electron chi connectivity index (χ4n) is 2.03. The smallest absolute Gasteiger partial charge is 0.279 e. The molecule has 21 heavy (non-hydrogen) atoms. The van der Waals surface area contributed by atoms with Crippen molar-refractivity contribution in [1.29, 1.82) is 0 Å². The van der Waals surface area contributed by atoms with Crippen molar-refractivity contribution in [2.24, 2.45) is 0 Å². The van der Waals surface area contributed by atoms with Crippen molar-refractivity contribution < 1.29 is 14.7 Å². The Morgan fingerprint density at radius 1 is 1.52 bits per heavy atom. The molecule has 0 radical (unpaired) electrons. The second-order valence-electron chi connectivity index (χ2n) is 4.61. The van der Waals surface area contributed by atoms with Crippen LogP contribution >= 0.6 is 11.8 Å². The Hall–Kier alpha value is -1.97. The van der Waals surface area contributed by atoms with E-state index in [1.807, 2.05) is 24.3 Å². The van der Waals surface area contributed by atoms with Gasteiger partial charge in [0.15, 0.2) is 0 Å². The van der Waals surface area contributed by atoms with Crippen LogP contribution in [0.1, 0.15) is 11.1 Å². The number of thioether (sulfide) groups is 1. The average molecular weight is 304 g/mol. The largest absolute Gasteiger partial charge is 0.384 e. The number of amides is 2. The summed E-state index contributed by atoms with van der Waals surface area (Å²) in [5.41, 5.74) is 1.70. The maximum atomic E-state index is 12.2. The number of nitrogens with zero attached hydrogens (tertiary/aromatic N) is 1. The van der Waals surface area contributed by atoms with E-state index in [0.29, 0.717) is 12.3 Å². The minimum absolute atomic E-state index is 0.113. The molecule has 5 nitrogen and oxygen atoms in total. The number of aliphatic hydroxyl groups is 1. The standard InChI is InChI=1S/C15H16N2O3S/c1-17(14(19)13-10-21-15(20)16-13)9-12-6-3-2-5-11(12)7-4-8-18/h2-3,5-6,13,18H,8-10H2,1H3,(H,16,20). The normalized spacial score (nSPS) is 16.9. The SMILES string of the molecule is CN(Cc1ccccc1C#CCO)C(=O)C1CSC(=O)N1. The summed E-state index contributed by atoms with van der Waals surface area (Å²) in [6, 6.07) is 7.03. The lowest BCUT2D eigenvalue weighted by Crippen LogP contribution is -2.43. The summed E-state index contributed by atoms with van der Waals surface area (Å²) in [5.74, 6) is 5.84. The zero-order valence-corrected chi connectivity index (χ0v) is 12.4. The number of hydrogen-bond donors (Lipinski definition) is 2. The Balaban J connectivity index is 2.07. The summed E-state index contributed by atoms with van der Waals surface area (Å²) in [6.45, 7) is 0.209. The van der Waals surface area contributed by atoms with Crippen LogP contribution in [0.25, 0.3) is 0 Å². The molecule has 2 rings (SSSR count). The van der Waals surface area contributed by atoms with Gasteiger partial charge in [-0.2, -0.15) is 0 Å². The highest BCUT2D eigenvalue weighted by molar-refractivity contribution is 8.14. The topological polar surface area (TPSA) is 69.6 Å². The zero-order chi connectivity index (χ0) is 15.2. The van der Waals surface area contributed by atoms with Gasteiger partial charge < -0.3 is 15.3 Å². The van der Waals surface area contributed by atoms with Gasteiger partial charge in [0.2, 0.25) is 5.91 Å². The van der Waals surface area contributed by atoms with Gasteiger partial charge in [0.25, 0.3) is 5.24 Å². The van der Waals surface area contributed by atoms with Crippen molar-refractivity contribution in [1.82, 2.24) is 10.2 Å². The van der Waals surface area contributed by atoms with Crippen LogP contribution in [0.3, 0.4) is 0 Å². The van der Waals surface area contributed by atoms with Gasteiger partial charge in [-0.3, -0.25) is 9.59 Å². The molecule has 1 fully saturated rings. The molecular formula is C15H16N2O3S. The lowest BCUT2D eigenvalue weighted by Gasteiger charge is -2.21. The van der Waals surface area contributed by atoms with E-state index >= 15 is 0 Å². The first-order valence-corrected chi connectivity index (χ1v) is 7.46. The molecule has 0 aromatic heterocycles. The van der Waals surface area contributed by atoms with Gasteiger partial charge in [0, 0.05) is 24.9 Å². The van der Waals surface area contributed by atoms with Crippen LogP contribution in [0.5, 0.6) is 0 Å². The number of nitrogens with one attached hydrogen (secondary N) is 1. The van der Waals surface area contributed by atoms with E-state index < -0.39 is 6.04 Å². The Kier molecular flexibility index (Phi) is 5.26. The van der Waals surface area contributed by atoms with Gasteiger partial charge in [-0.1, -0.05) is 41.8 Å². The fourth-order valence-corrected chi connectivity index (χ4v) is 2.80. The maximum absolute atomic E-state index is 12.2. The van der Waals surface area contributed by atoms with Crippen molar-refractivity contribution in [2.45, 2.75) is 12.6 Å². The molecule has 1 unspecified atom stereocenters. The predicted octanol–water partition coefficient (Wildman–Crippen LogP) is 0.814.